The highest BCUT2D eigenvalue weighted by molar-refractivity contribution is 6.39. The number of allylic oxidation sites excluding steroid dienone is 2. The van der Waals surface area contributed by atoms with Crippen molar-refractivity contribution in [2.24, 2.45) is 16.8 Å². The number of fused-ring (bicyclic) bond motifs is 2. The number of aliphatic imine (C=N–C) groups is 1. The molecule has 174 valence electrons. The number of rotatable bonds is 3. The lowest BCUT2D eigenvalue weighted by Gasteiger charge is -2.32. The quantitative estimate of drug-likeness (QED) is 0.674. The molecule has 1 aromatic carbocycles. The first-order chi connectivity index (χ1) is 15.8. The minimum absolute atomic E-state index is 0.0238. The maximum atomic E-state index is 14.9. The van der Waals surface area contributed by atoms with Crippen LogP contribution in [0.3, 0.4) is 0 Å². The van der Waals surface area contributed by atoms with Crippen LogP contribution < -0.4 is 10.1 Å². The number of carbonyl (C=O) groups excluding carboxylic acids is 1. The first-order valence-corrected chi connectivity index (χ1v) is 11.6. The predicted octanol–water partition coefficient (Wildman–Crippen LogP) is 4.56. The lowest BCUT2D eigenvalue weighted by molar-refractivity contribution is 0.0246. The molecule has 6 nitrogen and oxygen atoms in total. The van der Waals surface area contributed by atoms with Crippen LogP contribution >= 0.6 is 11.6 Å². The molecule has 0 radical (unpaired) electrons. The summed E-state index contributed by atoms with van der Waals surface area (Å²) < 4.78 is 35.0. The SMILES string of the molecule is CC1=C(Cl)C=N/C(=C2\CN(C(=O)c3ccc(F)cc3O[C@H]3CC4CC[C@H](C4)C3F)CC2=N)N1. The molecular weight excluding hydrogens is 450 g/mol. The van der Waals surface area contributed by atoms with E-state index in [0.717, 1.165) is 25.3 Å². The fourth-order valence-electron chi connectivity index (χ4n) is 5.23. The van der Waals surface area contributed by atoms with Crippen LogP contribution in [0.5, 0.6) is 5.75 Å². The monoisotopic (exact) mass is 474 g/mol. The van der Waals surface area contributed by atoms with E-state index in [9.17, 15) is 13.6 Å². The molecule has 2 heterocycles. The second-order valence-electron chi connectivity index (χ2n) is 9.24. The number of nitrogens with zero attached hydrogens (tertiary/aromatic N) is 2. The van der Waals surface area contributed by atoms with E-state index in [2.05, 4.69) is 10.3 Å². The maximum Gasteiger partial charge on any atom is 0.258 e. The first-order valence-electron chi connectivity index (χ1n) is 11.2. The minimum atomic E-state index is -1.12. The number of benzene rings is 1. The Bertz CT molecular complexity index is 1120. The third-order valence-corrected chi connectivity index (χ3v) is 7.39. The molecule has 1 saturated heterocycles. The van der Waals surface area contributed by atoms with Crippen molar-refractivity contribution < 1.29 is 18.3 Å². The van der Waals surface area contributed by atoms with E-state index in [1.165, 1.54) is 23.2 Å². The van der Waals surface area contributed by atoms with E-state index in [-0.39, 0.29) is 36.0 Å². The Labute approximate surface area is 195 Å². The van der Waals surface area contributed by atoms with Gasteiger partial charge in [0.1, 0.15) is 29.7 Å². The summed E-state index contributed by atoms with van der Waals surface area (Å²) >= 11 is 6.03. The fraction of sp³-hybridized carbons (Fsp3) is 0.458. The standard InChI is InChI=1S/C24H25ClF2N4O2/c1-12-18(25)9-29-23(30-12)17-10-31(11-19(17)28)24(32)16-5-4-15(26)8-20(16)33-21-7-13-2-3-14(6-13)22(21)27/h4-5,8-9,13-14,21-22,28,30H,2-3,6-7,10-11H2,1H3/b23-17-,28-19?/t13?,14-,21+,22?/m1/s1. The highest BCUT2D eigenvalue weighted by Crippen LogP contribution is 2.45. The average Bonchev–Trinajstić information content (AvgIpc) is 3.38. The van der Waals surface area contributed by atoms with Crippen molar-refractivity contribution in [1.82, 2.24) is 10.2 Å². The van der Waals surface area contributed by atoms with E-state index >= 15 is 0 Å². The summed E-state index contributed by atoms with van der Waals surface area (Å²) in [5.74, 6) is -0.0179. The lowest BCUT2D eigenvalue weighted by Crippen LogP contribution is -2.38. The van der Waals surface area contributed by atoms with Gasteiger partial charge in [0.05, 0.1) is 29.4 Å². The molecule has 1 amide bonds. The van der Waals surface area contributed by atoms with Gasteiger partial charge in [0, 0.05) is 23.6 Å². The van der Waals surface area contributed by atoms with E-state index in [1.54, 1.807) is 6.92 Å². The lowest BCUT2D eigenvalue weighted by atomic mass is 9.85. The summed E-state index contributed by atoms with van der Waals surface area (Å²) in [5.41, 5.74) is 1.72. The van der Waals surface area contributed by atoms with Crippen LogP contribution in [-0.4, -0.2) is 48.1 Å². The molecule has 33 heavy (non-hydrogen) atoms. The maximum absolute atomic E-state index is 14.9. The zero-order valence-electron chi connectivity index (χ0n) is 18.2. The molecule has 2 bridgehead atoms. The Morgan fingerprint density at radius 2 is 2.12 bits per heavy atom. The van der Waals surface area contributed by atoms with Crippen LogP contribution in [0.25, 0.3) is 0 Å². The number of ether oxygens (including phenoxy) is 1. The number of hydrogen-bond donors (Lipinski definition) is 2. The van der Waals surface area contributed by atoms with Crippen LogP contribution in [0.15, 0.2) is 45.3 Å². The Balaban J connectivity index is 1.37. The second-order valence-corrected chi connectivity index (χ2v) is 9.65. The van der Waals surface area contributed by atoms with Crippen LogP contribution in [0, 0.1) is 23.1 Å². The number of likely N-dealkylation sites (tertiary alicyclic amines) is 1. The Hall–Kier alpha value is -2.74. The van der Waals surface area contributed by atoms with Gasteiger partial charge in [-0.2, -0.15) is 0 Å². The molecule has 3 fully saturated rings. The van der Waals surface area contributed by atoms with Gasteiger partial charge in [0.25, 0.3) is 5.91 Å². The van der Waals surface area contributed by atoms with Gasteiger partial charge >= 0.3 is 0 Å². The molecule has 2 saturated carbocycles. The predicted molar refractivity (Wildman–Crippen MR) is 122 cm³/mol. The summed E-state index contributed by atoms with van der Waals surface area (Å²) in [6, 6.07) is 3.72. The molecule has 5 rings (SSSR count). The van der Waals surface area contributed by atoms with Gasteiger partial charge in [0.2, 0.25) is 0 Å². The van der Waals surface area contributed by atoms with Crippen molar-refractivity contribution in [1.29, 1.82) is 5.41 Å². The zero-order valence-corrected chi connectivity index (χ0v) is 19.0. The highest BCUT2D eigenvalue weighted by Gasteiger charge is 2.44. The Morgan fingerprint density at radius 3 is 2.91 bits per heavy atom. The van der Waals surface area contributed by atoms with Crippen LogP contribution in [0.2, 0.25) is 0 Å². The molecule has 0 aromatic heterocycles. The Morgan fingerprint density at radius 1 is 1.30 bits per heavy atom. The minimum Gasteiger partial charge on any atom is -0.486 e. The highest BCUT2D eigenvalue weighted by atomic mass is 35.5. The number of halogens is 3. The van der Waals surface area contributed by atoms with Crippen molar-refractivity contribution in [3.8, 4) is 5.75 Å². The van der Waals surface area contributed by atoms with E-state index in [4.69, 9.17) is 21.7 Å². The van der Waals surface area contributed by atoms with Gasteiger partial charge in [0.15, 0.2) is 0 Å². The summed E-state index contributed by atoms with van der Waals surface area (Å²) in [4.78, 5) is 19.1. The van der Waals surface area contributed by atoms with Crippen molar-refractivity contribution in [2.45, 2.75) is 44.9 Å². The van der Waals surface area contributed by atoms with Gasteiger partial charge in [-0.1, -0.05) is 11.6 Å². The van der Waals surface area contributed by atoms with Gasteiger partial charge < -0.3 is 20.4 Å². The second kappa shape index (κ2) is 8.56. The summed E-state index contributed by atoms with van der Waals surface area (Å²) in [5, 5.41) is 11.9. The molecule has 2 N–H and O–H groups in total. The number of alkyl halides is 1. The van der Waals surface area contributed by atoms with E-state index in [0.29, 0.717) is 34.5 Å². The van der Waals surface area contributed by atoms with Gasteiger partial charge in [-0.15, -0.1) is 0 Å². The number of nitrogens with one attached hydrogen (secondary N) is 2. The number of amides is 1. The largest absolute Gasteiger partial charge is 0.486 e. The molecule has 4 aliphatic rings. The zero-order chi connectivity index (χ0) is 23.3. The summed E-state index contributed by atoms with van der Waals surface area (Å²) in [6.07, 6.45) is 2.99. The third kappa shape index (κ3) is 4.16. The van der Waals surface area contributed by atoms with Gasteiger partial charge in [-0.3, -0.25) is 4.79 Å². The van der Waals surface area contributed by atoms with Gasteiger partial charge in [-0.05, 0) is 56.6 Å². The molecule has 2 aliphatic carbocycles. The molecule has 9 heteroatoms. The molecule has 2 unspecified atom stereocenters. The number of carbonyl (C=O) groups is 1. The van der Waals surface area contributed by atoms with E-state index < -0.39 is 24.0 Å². The molecule has 4 atom stereocenters. The first kappa shape index (κ1) is 22.1. The van der Waals surface area contributed by atoms with Crippen LogP contribution in [0.4, 0.5) is 8.78 Å². The molecule has 2 aliphatic heterocycles. The molecule has 1 aromatic rings. The van der Waals surface area contributed by atoms with Crippen molar-refractivity contribution >= 4 is 29.4 Å². The van der Waals surface area contributed by atoms with Crippen molar-refractivity contribution in [2.75, 3.05) is 13.1 Å². The summed E-state index contributed by atoms with van der Waals surface area (Å²) in [7, 11) is 0. The van der Waals surface area contributed by atoms with E-state index in [1.807, 2.05) is 0 Å². The fourth-order valence-corrected chi connectivity index (χ4v) is 5.32. The summed E-state index contributed by atoms with van der Waals surface area (Å²) in [6.45, 7) is 2.05. The smallest absolute Gasteiger partial charge is 0.258 e. The molecule has 0 spiro atoms. The van der Waals surface area contributed by atoms with Crippen molar-refractivity contribution in [3.63, 3.8) is 0 Å². The topological polar surface area (TPSA) is 77.8 Å². The normalized spacial score (nSPS) is 31.3. The third-order valence-electron chi connectivity index (χ3n) is 7.01. The molecular formula is C24H25ClF2N4O2. The van der Waals surface area contributed by atoms with Crippen LogP contribution in [-0.2, 0) is 0 Å². The van der Waals surface area contributed by atoms with Crippen LogP contribution in [0.1, 0.15) is 43.0 Å². The Kier molecular flexibility index (Phi) is 5.72. The van der Waals surface area contributed by atoms with Gasteiger partial charge in [-0.25, -0.2) is 13.8 Å². The number of hydrogen-bond acceptors (Lipinski definition) is 5. The van der Waals surface area contributed by atoms with Crippen molar-refractivity contribution in [3.05, 3.63) is 51.7 Å². The average molecular weight is 475 g/mol.